The third-order valence-corrected chi connectivity index (χ3v) is 1.14. The molecule has 0 atom stereocenters. The molecule has 2 nitrogen and oxygen atoms in total. The number of nitrogens with one attached hydrogen (secondary N) is 1. The van der Waals surface area contributed by atoms with Gasteiger partial charge in [-0.15, -0.1) is 24.8 Å². The molecule has 1 heterocycles. The Labute approximate surface area is 79.2 Å². The average Bonchev–Trinajstić information content (AvgIpc) is 1.88. The fourth-order valence-electron chi connectivity index (χ4n) is 0.682. The van der Waals surface area contributed by atoms with Gasteiger partial charge in [-0.1, -0.05) is 6.07 Å². The van der Waals surface area contributed by atoms with Crippen molar-refractivity contribution in [1.82, 2.24) is 4.98 Å². The van der Waals surface area contributed by atoms with Crippen LogP contribution < -0.4 is 5.32 Å². The molecule has 1 aromatic heterocycles. The van der Waals surface area contributed by atoms with E-state index in [2.05, 4.69) is 10.3 Å². The molecule has 0 spiro atoms. The van der Waals surface area contributed by atoms with Gasteiger partial charge in [0.05, 0.1) is 0 Å². The molecule has 0 unspecified atom stereocenters. The zero-order valence-corrected chi connectivity index (χ0v) is 8.13. The summed E-state index contributed by atoms with van der Waals surface area (Å²) >= 11 is 0. The smallest absolute Gasteiger partial charge is 0.125 e. The summed E-state index contributed by atoms with van der Waals surface area (Å²) in [6.45, 7) is 1.97. The molecule has 0 aliphatic rings. The van der Waals surface area contributed by atoms with Gasteiger partial charge < -0.3 is 5.32 Å². The third kappa shape index (κ3) is 4.06. The Bertz CT molecular complexity index is 203. The highest BCUT2D eigenvalue weighted by Gasteiger charge is 1.86. The largest absolute Gasteiger partial charge is 0.373 e. The number of aryl methyl sites for hydroxylation is 1. The molecule has 64 valence electrons. The van der Waals surface area contributed by atoms with Crippen molar-refractivity contribution in [2.24, 2.45) is 0 Å². The first-order valence-electron chi connectivity index (χ1n) is 2.94. The number of aromatic nitrogens is 1. The molecule has 0 fully saturated rings. The fourth-order valence-corrected chi connectivity index (χ4v) is 0.682. The maximum Gasteiger partial charge on any atom is 0.125 e. The van der Waals surface area contributed by atoms with E-state index < -0.39 is 0 Å². The predicted molar refractivity (Wildman–Crippen MR) is 53.0 cm³/mol. The third-order valence-electron chi connectivity index (χ3n) is 1.14. The Kier molecular flexibility index (Phi) is 7.47. The summed E-state index contributed by atoms with van der Waals surface area (Å²) in [7, 11) is 1.86. The van der Waals surface area contributed by atoms with E-state index in [9.17, 15) is 0 Å². The number of nitrogens with zero attached hydrogens (tertiary/aromatic N) is 1. The topological polar surface area (TPSA) is 24.9 Å². The Balaban J connectivity index is 0. The molecular weight excluding hydrogens is 183 g/mol. The van der Waals surface area contributed by atoms with E-state index in [-0.39, 0.29) is 24.8 Å². The first-order chi connectivity index (χ1) is 4.33. The predicted octanol–water partition coefficient (Wildman–Crippen LogP) is 2.28. The minimum absolute atomic E-state index is 0. The number of halogens is 2. The zero-order valence-electron chi connectivity index (χ0n) is 6.50. The lowest BCUT2D eigenvalue weighted by atomic mass is 10.4. The second-order valence-electron chi connectivity index (χ2n) is 1.91. The van der Waals surface area contributed by atoms with Crippen LogP contribution in [0.2, 0.25) is 0 Å². The molecule has 1 aromatic rings. The standard InChI is InChI=1S/C7H10N2.2ClH/c1-6-4-3-5-7(8-2)9-6;;/h3-5H,1-2H3,(H,8,9);2*1H. The maximum atomic E-state index is 4.18. The molecule has 0 saturated carbocycles. The lowest BCUT2D eigenvalue weighted by Gasteiger charge is -1.97. The number of anilines is 1. The van der Waals surface area contributed by atoms with Crippen molar-refractivity contribution >= 4 is 30.6 Å². The molecule has 0 aliphatic heterocycles. The Morgan fingerprint density at radius 2 is 1.91 bits per heavy atom. The highest BCUT2D eigenvalue weighted by molar-refractivity contribution is 5.85. The van der Waals surface area contributed by atoms with Crippen LogP contribution in [0.4, 0.5) is 5.82 Å². The molecule has 0 amide bonds. The van der Waals surface area contributed by atoms with Crippen LogP contribution in [-0.4, -0.2) is 12.0 Å². The quantitative estimate of drug-likeness (QED) is 0.743. The minimum atomic E-state index is 0. The van der Waals surface area contributed by atoms with Gasteiger partial charge in [0.25, 0.3) is 0 Å². The van der Waals surface area contributed by atoms with Gasteiger partial charge in [-0.3, -0.25) is 0 Å². The van der Waals surface area contributed by atoms with Crippen molar-refractivity contribution in [3.05, 3.63) is 23.9 Å². The Morgan fingerprint density at radius 3 is 2.27 bits per heavy atom. The zero-order chi connectivity index (χ0) is 6.69. The van der Waals surface area contributed by atoms with Crippen LogP contribution in [0, 0.1) is 6.92 Å². The van der Waals surface area contributed by atoms with Crippen LogP contribution >= 0.6 is 24.8 Å². The van der Waals surface area contributed by atoms with Gasteiger partial charge >= 0.3 is 0 Å². The van der Waals surface area contributed by atoms with Gasteiger partial charge in [0, 0.05) is 12.7 Å². The van der Waals surface area contributed by atoms with Crippen LogP contribution in [0.1, 0.15) is 5.69 Å². The number of hydrogen-bond acceptors (Lipinski definition) is 2. The summed E-state index contributed by atoms with van der Waals surface area (Å²) < 4.78 is 0. The fraction of sp³-hybridized carbons (Fsp3) is 0.286. The molecule has 0 aliphatic carbocycles. The first kappa shape index (κ1) is 13.1. The highest BCUT2D eigenvalue weighted by Crippen LogP contribution is 2.00. The van der Waals surface area contributed by atoms with E-state index in [1.165, 1.54) is 0 Å². The Hall–Kier alpha value is -0.470. The van der Waals surface area contributed by atoms with Crippen molar-refractivity contribution in [3.63, 3.8) is 0 Å². The van der Waals surface area contributed by atoms with Crippen molar-refractivity contribution < 1.29 is 0 Å². The van der Waals surface area contributed by atoms with Crippen molar-refractivity contribution in [2.45, 2.75) is 6.92 Å². The van der Waals surface area contributed by atoms with Crippen molar-refractivity contribution in [2.75, 3.05) is 12.4 Å². The summed E-state index contributed by atoms with van der Waals surface area (Å²) in [5, 5.41) is 2.96. The van der Waals surface area contributed by atoms with E-state index in [0.717, 1.165) is 11.5 Å². The summed E-state index contributed by atoms with van der Waals surface area (Å²) in [5.74, 6) is 0.926. The number of pyridine rings is 1. The number of rotatable bonds is 1. The van der Waals surface area contributed by atoms with Gasteiger partial charge in [0.1, 0.15) is 5.82 Å². The van der Waals surface area contributed by atoms with E-state index in [4.69, 9.17) is 0 Å². The second-order valence-corrected chi connectivity index (χ2v) is 1.91. The summed E-state index contributed by atoms with van der Waals surface area (Å²) in [5.41, 5.74) is 1.04. The van der Waals surface area contributed by atoms with E-state index in [1.807, 2.05) is 32.2 Å². The van der Waals surface area contributed by atoms with Crippen LogP contribution in [0.25, 0.3) is 0 Å². The molecule has 0 radical (unpaired) electrons. The second kappa shape index (κ2) is 6.25. The maximum absolute atomic E-state index is 4.18. The van der Waals surface area contributed by atoms with Crippen LogP contribution in [0.15, 0.2) is 18.2 Å². The molecule has 1 N–H and O–H groups in total. The lowest BCUT2D eigenvalue weighted by molar-refractivity contribution is 1.19. The van der Waals surface area contributed by atoms with Crippen molar-refractivity contribution in [3.8, 4) is 0 Å². The average molecular weight is 195 g/mol. The van der Waals surface area contributed by atoms with Gasteiger partial charge in [0.15, 0.2) is 0 Å². The molecule has 4 heteroatoms. The van der Waals surface area contributed by atoms with Crippen LogP contribution in [-0.2, 0) is 0 Å². The first-order valence-corrected chi connectivity index (χ1v) is 2.94. The highest BCUT2D eigenvalue weighted by atomic mass is 35.5. The summed E-state index contributed by atoms with van der Waals surface area (Å²) in [6, 6.07) is 5.89. The molecule has 0 saturated heterocycles. The molecular formula is C7H12Cl2N2. The van der Waals surface area contributed by atoms with Crippen molar-refractivity contribution in [1.29, 1.82) is 0 Å². The summed E-state index contributed by atoms with van der Waals surface area (Å²) in [6.07, 6.45) is 0. The van der Waals surface area contributed by atoms with Crippen LogP contribution in [0.5, 0.6) is 0 Å². The minimum Gasteiger partial charge on any atom is -0.373 e. The number of hydrogen-bond donors (Lipinski definition) is 1. The van der Waals surface area contributed by atoms with E-state index in [1.54, 1.807) is 0 Å². The molecule has 1 rings (SSSR count). The SMILES string of the molecule is CNc1cccc(C)n1.Cl.Cl. The molecule has 11 heavy (non-hydrogen) atoms. The van der Waals surface area contributed by atoms with E-state index >= 15 is 0 Å². The van der Waals surface area contributed by atoms with Crippen LogP contribution in [0.3, 0.4) is 0 Å². The molecule has 0 aromatic carbocycles. The lowest BCUT2D eigenvalue weighted by Crippen LogP contribution is -1.91. The van der Waals surface area contributed by atoms with Gasteiger partial charge in [-0.2, -0.15) is 0 Å². The summed E-state index contributed by atoms with van der Waals surface area (Å²) in [4.78, 5) is 4.18. The Morgan fingerprint density at radius 1 is 1.27 bits per heavy atom. The van der Waals surface area contributed by atoms with Gasteiger partial charge in [-0.25, -0.2) is 4.98 Å². The van der Waals surface area contributed by atoms with E-state index in [0.29, 0.717) is 0 Å². The van der Waals surface area contributed by atoms with Gasteiger partial charge in [0.2, 0.25) is 0 Å². The monoisotopic (exact) mass is 194 g/mol. The molecule has 0 bridgehead atoms. The normalized spacial score (nSPS) is 7.45. The van der Waals surface area contributed by atoms with Gasteiger partial charge in [-0.05, 0) is 19.1 Å².